The zero-order chi connectivity index (χ0) is 11.2. The highest BCUT2D eigenvalue weighted by Crippen LogP contribution is 2.96. The molecule has 0 heteroatoms. The lowest BCUT2D eigenvalue weighted by Crippen LogP contribution is -2.54. The van der Waals surface area contributed by atoms with Crippen LogP contribution in [0.15, 0.2) is 30.3 Å². The Balaban J connectivity index is 1.90. The van der Waals surface area contributed by atoms with Gasteiger partial charge in [0.05, 0.1) is 0 Å². The van der Waals surface area contributed by atoms with Gasteiger partial charge < -0.3 is 0 Å². The van der Waals surface area contributed by atoms with Gasteiger partial charge in [0.15, 0.2) is 0 Å². The van der Waals surface area contributed by atoms with Crippen molar-refractivity contribution in [1.29, 1.82) is 0 Å². The maximum atomic E-state index is 2.54. The zero-order valence-electron chi connectivity index (χ0n) is 10.5. The molecule has 0 aliphatic heterocycles. The summed E-state index contributed by atoms with van der Waals surface area (Å²) in [5.74, 6) is 2.03. The van der Waals surface area contributed by atoms with Gasteiger partial charge in [0.2, 0.25) is 0 Å². The second-order valence-corrected chi connectivity index (χ2v) is 6.79. The highest BCUT2D eigenvalue weighted by atomic mass is 15.0. The van der Waals surface area contributed by atoms with Crippen molar-refractivity contribution in [1.82, 2.24) is 0 Å². The first-order chi connectivity index (χ1) is 7.58. The van der Waals surface area contributed by atoms with Crippen molar-refractivity contribution in [3.63, 3.8) is 0 Å². The Morgan fingerprint density at radius 3 is 2.06 bits per heavy atom. The van der Waals surface area contributed by atoms with Gasteiger partial charge in [0.1, 0.15) is 0 Å². The van der Waals surface area contributed by atoms with E-state index < -0.39 is 0 Å². The third-order valence-corrected chi connectivity index (χ3v) is 6.84. The largest absolute Gasteiger partial charge is 0.0622 e. The summed E-state index contributed by atoms with van der Waals surface area (Å²) in [6.07, 6.45) is 2.96. The Morgan fingerprint density at radius 1 is 0.938 bits per heavy atom. The highest BCUT2D eigenvalue weighted by Gasteiger charge is 2.94. The predicted molar refractivity (Wildman–Crippen MR) is 66.2 cm³/mol. The molecule has 0 N–H and O–H groups in total. The van der Waals surface area contributed by atoms with E-state index in [-0.39, 0.29) is 0 Å². The van der Waals surface area contributed by atoms with E-state index in [4.69, 9.17) is 0 Å². The summed E-state index contributed by atoms with van der Waals surface area (Å²) in [4.78, 5) is 0. The third-order valence-electron chi connectivity index (χ3n) is 6.84. The second kappa shape index (κ2) is 2.25. The van der Waals surface area contributed by atoms with Gasteiger partial charge in [-0.05, 0) is 41.1 Å². The molecule has 0 radical (unpaired) electrons. The molecule has 4 rings (SSSR count). The fourth-order valence-corrected chi connectivity index (χ4v) is 5.96. The van der Waals surface area contributed by atoms with E-state index in [9.17, 15) is 0 Å². The van der Waals surface area contributed by atoms with Crippen molar-refractivity contribution < 1.29 is 0 Å². The Hall–Kier alpha value is -0.780. The number of rotatable bonds is 1. The number of hydrogen-bond acceptors (Lipinski definition) is 0. The van der Waals surface area contributed by atoms with Gasteiger partial charge in [-0.3, -0.25) is 0 Å². The minimum absolute atomic E-state index is 0.521. The monoisotopic (exact) mass is 212 g/mol. The van der Waals surface area contributed by atoms with Crippen molar-refractivity contribution in [3.8, 4) is 0 Å². The Kier molecular flexibility index (Phi) is 1.30. The van der Waals surface area contributed by atoms with Gasteiger partial charge in [0.25, 0.3) is 0 Å². The zero-order valence-corrected chi connectivity index (χ0v) is 10.5. The molecule has 16 heavy (non-hydrogen) atoms. The van der Waals surface area contributed by atoms with Gasteiger partial charge in [0, 0.05) is 5.41 Å². The molecule has 3 aliphatic rings. The molecule has 0 amide bonds. The molecule has 3 saturated carbocycles. The first-order valence-corrected chi connectivity index (χ1v) is 6.64. The lowest BCUT2D eigenvalue weighted by molar-refractivity contribution is -0.0482. The van der Waals surface area contributed by atoms with E-state index in [1.54, 1.807) is 5.56 Å². The Labute approximate surface area is 98.1 Å². The van der Waals surface area contributed by atoms with Crippen LogP contribution < -0.4 is 0 Å². The summed E-state index contributed by atoms with van der Waals surface area (Å²) >= 11 is 0. The minimum atomic E-state index is 0.521. The van der Waals surface area contributed by atoms with E-state index in [0.717, 1.165) is 11.8 Å². The van der Waals surface area contributed by atoms with Crippen molar-refractivity contribution in [2.45, 2.75) is 39.0 Å². The standard InChI is InChI=1S/C16H20/c1-14(2)15(3)12-9-10-13(12)16(14,15)11-7-5-4-6-8-11/h4-8,12-13H,9-10H2,1-3H3/t12-,13+,15-,16+/m1/s1. The molecule has 0 bridgehead atoms. The Bertz CT molecular complexity index is 458. The average Bonchev–Trinajstić information content (AvgIpc) is 2.56. The molecule has 1 aromatic rings. The molecule has 0 unspecified atom stereocenters. The summed E-state index contributed by atoms with van der Waals surface area (Å²) in [5.41, 5.74) is 3.27. The average molecular weight is 212 g/mol. The van der Waals surface area contributed by atoms with Gasteiger partial charge in [-0.2, -0.15) is 0 Å². The van der Waals surface area contributed by atoms with Gasteiger partial charge in [-0.1, -0.05) is 51.1 Å². The van der Waals surface area contributed by atoms with Crippen LogP contribution in [-0.4, -0.2) is 0 Å². The molecule has 3 fully saturated rings. The summed E-state index contributed by atoms with van der Waals surface area (Å²) in [7, 11) is 0. The van der Waals surface area contributed by atoms with E-state index in [1.807, 2.05) is 0 Å². The maximum Gasteiger partial charge on any atom is 0.0103 e. The summed E-state index contributed by atoms with van der Waals surface area (Å²) in [5, 5.41) is 0. The van der Waals surface area contributed by atoms with Crippen molar-refractivity contribution in [2.75, 3.05) is 0 Å². The fourth-order valence-electron chi connectivity index (χ4n) is 5.96. The van der Waals surface area contributed by atoms with Crippen LogP contribution in [-0.2, 0) is 5.41 Å². The highest BCUT2D eigenvalue weighted by molar-refractivity contribution is 5.54. The van der Waals surface area contributed by atoms with Gasteiger partial charge >= 0.3 is 0 Å². The molecule has 84 valence electrons. The summed E-state index contributed by atoms with van der Waals surface area (Å²) in [6.45, 7) is 7.54. The third kappa shape index (κ3) is 0.563. The normalized spacial score (nSPS) is 50.7. The van der Waals surface area contributed by atoms with E-state index in [1.165, 1.54) is 12.8 Å². The van der Waals surface area contributed by atoms with E-state index in [2.05, 4.69) is 51.1 Å². The lowest BCUT2D eigenvalue weighted by atomic mass is 9.46. The van der Waals surface area contributed by atoms with Crippen LogP contribution in [0.3, 0.4) is 0 Å². The fraction of sp³-hybridized carbons (Fsp3) is 0.625. The number of benzene rings is 1. The summed E-state index contributed by atoms with van der Waals surface area (Å²) in [6, 6.07) is 11.3. The van der Waals surface area contributed by atoms with Crippen LogP contribution in [0, 0.1) is 22.7 Å². The van der Waals surface area contributed by atoms with Gasteiger partial charge in [-0.25, -0.2) is 0 Å². The van der Waals surface area contributed by atoms with Crippen molar-refractivity contribution in [3.05, 3.63) is 35.9 Å². The van der Waals surface area contributed by atoms with Crippen LogP contribution in [0.4, 0.5) is 0 Å². The molecule has 0 nitrogen and oxygen atoms in total. The summed E-state index contributed by atoms with van der Waals surface area (Å²) < 4.78 is 0. The topological polar surface area (TPSA) is 0 Å². The molecule has 0 heterocycles. The molecule has 3 aliphatic carbocycles. The number of hydrogen-bond donors (Lipinski definition) is 0. The molecule has 1 aromatic carbocycles. The van der Waals surface area contributed by atoms with Crippen molar-refractivity contribution >= 4 is 0 Å². The first-order valence-electron chi connectivity index (χ1n) is 6.64. The van der Waals surface area contributed by atoms with Crippen LogP contribution in [0.25, 0.3) is 0 Å². The van der Waals surface area contributed by atoms with Crippen LogP contribution in [0.2, 0.25) is 0 Å². The minimum Gasteiger partial charge on any atom is -0.0622 e. The SMILES string of the molecule is CC1(C)[C@]2(c3ccccc3)[C@H]3CC[C@H]3[C@]12C. The molecule has 0 spiro atoms. The molecule has 0 saturated heterocycles. The van der Waals surface area contributed by atoms with Gasteiger partial charge in [-0.15, -0.1) is 0 Å². The molecule has 0 aromatic heterocycles. The molecule has 4 atom stereocenters. The molecular weight excluding hydrogens is 192 g/mol. The van der Waals surface area contributed by atoms with Crippen LogP contribution >= 0.6 is 0 Å². The Morgan fingerprint density at radius 2 is 1.56 bits per heavy atom. The lowest BCUT2D eigenvalue weighted by Gasteiger charge is -2.58. The smallest absolute Gasteiger partial charge is 0.0103 e. The van der Waals surface area contributed by atoms with E-state index >= 15 is 0 Å². The van der Waals surface area contributed by atoms with Crippen LogP contribution in [0.5, 0.6) is 0 Å². The molecular formula is C16H20. The first kappa shape index (κ1) is 9.27. The van der Waals surface area contributed by atoms with Crippen molar-refractivity contribution in [2.24, 2.45) is 22.7 Å². The maximum absolute atomic E-state index is 2.54. The second-order valence-electron chi connectivity index (χ2n) is 6.79. The number of fused-ring (bicyclic) bond motifs is 4. The van der Waals surface area contributed by atoms with Crippen LogP contribution in [0.1, 0.15) is 39.2 Å². The quantitative estimate of drug-likeness (QED) is 0.660. The van der Waals surface area contributed by atoms with E-state index in [0.29, 0.717) is 16.2 Å². The predicted octanol–water partition coefficient (Wildman–Crippen LogP) is 4.01.